The van der Waals surface area contributed by atoms with E-state index in [9.17, 15) is 14.4 Å². The minimum Gasteiger partial charge on any atom is -0.496 e. The number of halogens is 2. The van der Waals surface area contributed by atoms with Crippen LogP contribution in [-0.2, 0) is 14.4 Å². The van der Waals surface area contributed by atoms with E-state index in [1.165, 1.54) is 0 Å². The van der Waals surface area contributed by atoms with Gasteiger partial charge in [-0.2, -0.15) is 0 Å². The Labute approximate surface area is 499 Å². The molecule has 3 aliphatic heterocycles. The number of rotatable bonds is 20. The number of hydrogen-bond donors (Lipinski definition) is 1. The molecule has 0 bridgehead atoms. The second-order valence-corrected chi connectivity index (χ2v) is 21.8. The lowest BCUT2D eigenvalue weighted by Gasteiger charge is -2.43. The Bertz CT molecular complexity index is 3310. The highest BCUT2D eigenvalue weighted by Gasteiger charge is 2.45. The van der Waals surface area contributed by atoms with Crippen molar-refractivity contribution >= 4 is 58.0 Å². The molecular formula is C68H77Cl2N3O10. The average molecular weight is 1170 g/mol. The number of aliphatic hydroxyl groups is 1. The molecule has 0 aliphatic carbocycles. The quantitative estimate of drug-likeness (QED) is 0.0340. The minimum atomic E-state index is -0.236. The number of ether oxygens (including phenoxy) is 6. The van der Waals surface area contributed by atoms with Crippen molar-refractivity contribution in [3.05, 3.63) is 194 Å². The molecule has 6 aromatic rings. The molecule has 83 heavy (non-hydrogen) atoms. The van der Waals surface area contributed by atoms with Crippen molar-refractivity contribution in [1.82, 2.24) is 0 Å². The van der Waals surface area contributed by atoms with Crippen LogP contribution in [0.4, 0.5) is 17.1 Å². The van der Waals surface area contributed by atoms with Crippen LogP contribution in [0.3, 0.4) is 0 Å². The second-order valence-electron chi connectivity index (χ2n) is 21.0. The van der Waals surface area contributed by atoms with Crippen LogP contribution in [0.15, 0.2) is 127 Å². The van der Waals surface area contributed by atoms with E-state index in [4.69, 9.17) is 56.7 Å². The fourth-order valence-corrected chi connectivity index (χ4v) is 10.4. The number of hydrogen-bond acceptors (Lipinski definition) is 10. The molecule has 0 saturated carbocycles. The third-order valence-electron chi connectivity index (χ3n) is 15.6. The first kappa shape index (κ1) is 62.9. The summed E-state index contributed by atoms with van der Waals surface area (Å²) < 4.78 is 33.8. The molecule has 438 valence electrons. The molecule has 0 unspecified atom stereocenters. The number of aliphatic hydroxyl groups excluding tert-OH is 1. The number of amides is 3. The zero-order valence-corrected chi connectivity index (χ0v) is 51.4. The third-order valence-corrected chi connectivity index (χ3v) is 16.0. The summed E-state index contributed by atoms with van der Waals surface area (Å²) in [6, 6.07) is 29.0. The van der Waals surface area contributed by atoms with E-state index in [0.29, 0.717) is 54.7 Å². The number of aryl methyl sites for hydroxylation is 6. The topological polar surface area (TPSA) is 137 Å². The van der Waals surface area contributed by atoms with Gasteiger partial charge < -0.3 is 33.5 Å². The van der Waals surface area contributed by atoms with E-state index in [0.717, 1.165) is 125 Å². The molecule has 0 radical (unpaired) electrons. The van der Waals surface area contributed by atoms with Crippen molar-refractivity contribution in [3.8, 4) is 34.5 Å². The van der Waals surface area contributed by atoms with E-state index >= 15 is 0 Å². The first-order valence-electron chi connectivity index (χ1n) is 27.6. The van der Waals surface area contributed by atoms with Crippen molar-refractivity contribution in [2.75, 3.05) is 74.2 Å². The lowest BCUT2D eigenvalue weighted by atomic mass is 9.87. The molecule has 0 spiro atoms. The van der Waals surface area contributed by atoms with E-state index in [2.05, 4.69) is 19.7 Å². The van der Waals surface area contributed by atoms with Crippen LogP contribution in [0, 0.1) is 62.3 Å². The Morgan fingerprint density at radius 1 is 0.410 bits per heavy atom. The van der Waals surface area contributed by atoms with Crippen LogP contribution in [0.1, 0.15) is 97.7 Å². The standard InChI is InChI=1S/C23H26ClNO3.C23H27NO4.C22H24ClNO3/c1-14-7-8-18(12-20(14)28-10-6-9-24)22-17(4)23(26)25(22)19-11-15(2)16(3)21(13-19)27-5;1-14-7-8-18(12-20(14)28-10-6-9-25)22-17(4)23(26)24(22)19-11-15(2)16(3)21(13-19)27-5;1-13-6-7-17(11-19(13)27-9-8-23)21-16(4)22(25)24(21)18-10-14(2)15(3)20(12-18)26-5/h7-8,11-13,22H,4,6,9-10H2,1-3,5H3;7-8,11-13,22,25H,4,6,9-10H2,1-3,5H3;6-7,10-12,21H,4,8-9H2,1-3,5H3/t2*22-;21-/m111/s1. The predicted octanol–water partition coefficient (Wildman–Crippen LogP) is 14.2. The highest BCUT2D eigenvalue weighted by Crippen LogP contribution is 2.48. The molecule has 3 atom stereocenters. The molecule has 6 aromatic carbocycles. The molecule has 3 heterocycles. The number of anilines is 3. The number of carbonyl (C=O) groups excluding carboxylic acids is 3. The minimum absolute atomic E-state index is 0.0690. The Kier molecular flexibility index (Phi) is 20.9. The monoisotopic (exact) mass is 1170 g/mol. The molecule has 9 rings (SSSR count). The first-order chi connectivity index (χ1) is 39.7. The van der Waals surface area contributed by atoms with Crippen LogP contribution in [0.2, 0.25) is 0 Å². The van der Waals surface area contributed by atoms with E-state index in [-0.39, 0.29) is 42.5 Å². The van der Waals surface area contributed by atoms with E-state index in [1.54, 1.807) is 36.0 Å². The summed E-state index contributed by atoms with van der Waals surface area (Å²) in [5.74, 6) is 5.41. The smallest absolute Gasteiger partial charge is 0.256 e. The average Bonchev–Trinajstić information content (AvgIpc) is 1.63. The fourth-order valence-electron chi connectivity index (χ4n) is 10.2. The summed E-state index contributed by atoms with van der Waals surface area (Å²) in [5.41, 5.74) is 16.5. The zero-order valence-electron chi connectivity index (χ0n) is 49.9. The molecule has 0 aromatic heterocycles. The molecule has 3 aliphatic rings. The van der Waals surface area contributed by atoms with Gasteiger partial charge in [-0.3, -0.25) is 29.1 Å². The Morgan fingerprint density at radius 2 is 0.711 bits per heavy atom. The Hall–Kier alpha value is -7.71. The van der Waals surface area contributed by atoms with Crippen LogP contribution in [-0.4, -0.2) is 82.3 Å². The first-order valence-corrected chi connectivity index (χ1v) is 28.7. The van der Waals surface area contributed by atoms with Gasteiger partial charge in [0.25, 0.3) is 17.7 Å². The molecule has 15 heteroatoms. The highest BCUT2D eigenvalue weighted by molar-refractivity contribution is 6.18. The van der Waals surface area contributed by atoms with Gasteiger partial charge in [0.1, 0.15) is 41.1 Å². The molecule has 3 amide bonds. The predicted molar refractivity (Wildman–Crippen MR) is 333 cm³/mol. The maximum absolute atomic E-state index is 12.6. The fraction of sp³-hybridized carbons (Fsp3) is 0.338. The summed E-state index contributed by atoms with van der Waals surface area (Å²) in [4.78, 5) is 43.2. The Balaban J connectivity index is 0.000000179. The van der Waals surface area contributed by atoms with Gasteiger partial charge in [0.2, 0.25) is 0 Å². The molecule has 3 fully saturated rings. The summed E-state index contributed by atoms with van der Waals surface area (Å²) in [6.45, 7) is 31.6. The number of carbonyl (C=O) groups is 3. The van der Waals surface area contributed by atoms with Gasteiger partial charge in [-0.1, -0.05) is 56.1 Å². The van der Waals surface area contributed by atoms with Crippen LogP contribution >= 0.6 is 23.2 Å². The third kappa shape index (κ3) is 13.2. The SMILES string of the molecule is C=C1C(=O)N(c2cc(C)c(C)c(OC)c2)[C@H]1c1ccc(C)c(OCCCCl)c1.C=C1C(=O)N(c2cc(C)c(C)c(OC)c2)[C@H]1c1ccc(C)c(OCCCO)c1.C=C1C(=O)N(c2cc(C)c(C)c(OC)c2)[C@H]1c1ccc(C)c(OCCCl)c1. The van der Waals surface area contributed by atoms with Gasteiger partial charge in [-0.25, -0.2) is 0 Å². The van der Waals surface area contributed by atoms with E-state index < -0.39 is 0 Å². The lowest BCUT2D eigenvalue weighted by molar-refractivity contribution is -0.119. The summed E-state index contributed by atoms with van der Waals surface area (Å²) in [5, 5.41) is 8.97. The van der Waals surface area contributed by atoms with Crippen LogP contribution in [0.25, 0.3) is 0 Å². The second kappa shape index (κ2) is 27.6. The number of benzene rings is 6. The van der Waals surface area contributed by atoms with Gasteiger partial charge in [-0.05, 0) is 172 Å². The van der Waals surface area contributed by atoms with Crippen LogP contribution in [0.5, 0.6) is 34.5 Å². The number of alkyl halides is 2. The summed E-state index contributed by atoms with van der Waals surface area (Å²) in [6.07, 6.45) is 1.36. The van der Waals surface area contributed by atoms with Gasteiger partial charge >= 0.3 is 0 Å². The zero-order chi connectivity index (χ0) is 60.6. The summed E-state index contributed by atoms with van der Waals surface area (Å²) >= 11 is 11.5. The Morgan fingerprint density at radius 3 is 0.988 bits per heavy atom. The van der Waals surface area contributed by atoms with Crippen molar-refractivity contribution in [1.29, 1.82) is 0 Å². The van der Waals surface area contributed by atoms with Crippen molar-refractivity contribution in [3.63, 3.8) is 0 Å². The maximum Gasteiger partial charge on any atom is 0.256 e. The highest BCUT2D eigenvalue weighted by atomic mass is 35.5. The number of nitrogens with zero attached hydrogens (tertiary/aromatic N) is 3. The molecule has 13 nitrogen and oxygen atoms in total. The van der Waals surface area contributed by atoms with Gasteiger partial charge in [0, 0.05) is 70.9 Å². The maximum atomic E-state index is 12.6. The van der Waals surface area contributed by atoms with E-state index in [1.807, 2.05) is 153 Å². The largest absolute Gasteiger partial charge is 0.496 e. The van der Waals surface area contributed by atoms with Crippen LogP contribution < -0.4 is 43.1 Å². The van der Waals surface area contributed by atoms with Gasteiger partial charge in [0.05, 0.1) is 58.5 Å². The summed E-state index contributed by atoms with van der Waals surface area (Å²) in [7, 11) is 4.92. The molecule has 3 saturated heterocycles. The van der Waals surface area contributed by atoms with Crippen molar-refractivity contribution < 1.29 is 47.9 Å². The number of β-lactam (4-membered cyclic amide) rings is 3. The molecular weight excluding hydrogens is 1090 g/mol. The van der Waals surface area contributed by atoms with Gasteiger partial charge in [-0.15, -0.1) is 23.2 Å². The number of methoxy groups -OCH3 is 3. The van der Waals surface area contributed by atoms with Gasteiger partial charge in [0.15, 0.2) is 0 Å². The normalized spacial score (nSPS) is 16.2. The lowest BCUT2D eigenvalue weighted by Crippen LogP contribution is -2.48. The molecule has 1 N–H and O–H groups in total. The van der Waals surface area contributed by atoms with Crippen molar-refractivity contribution in [2.24, 2.45) is 0 Å². The van der Waals surface area contributed by atoms with Crippen molar-refractivity contribution in [2.45, 2.75) is 93.3 Å².